The second-order valence-corrected chi connectivity index (χ2v) is 6.14. The maximum absolute atomic E-state index is 11.7. The molecule has 0 aromatic heterocycles. The van der Waals surface area contributed by atoms with Crippen molar-refractivity contribution in [3.05, 3.63) is 0 Å². The normalized spacial score (nSPS) is 18.6. The molecule has 0 bridgehead atoms. The van der Waals surface area contributed by atoms with Gasteiger partial charge in [0.25, 0.3) is 0 Å². The van der Waals surface area contributed by atoms with Gasteiger partial charge >= 0.3 is 0 Å². The maximum atomic E-state index is 11.7. The molecule has 0 radical (unpaired) electrons. The molecule has 0 atom stereocenters. The zero-order valence-electron chi connectivity index (χ0n) is 13.0. The molecule has 1 aliphatic rings. The van der Waals surface area contributed by atoms with Crippen LogP contribution >= 0.6 is 0 Å². The molecule has 1 heterocycles. The van der Waals surface area contributed by atoms with Gasteiger partial charge in [-0.3, -0.25) is 4.79 Å². The lowest BCUT2D eigenvalue weighted by molar-refractivity contribution is -0.130. The first-order chi connectivity index (χ1) is 8.90. The topological polar surface area (TPSA) is 43.8 Å². The number of rotatable bonds is 6. The number of carbonyl (C=O) groups is 1. The number of hydrogen-bond donors (Lipinski definition) is 1. The molecule has 112 valence electrons. The molecule has 0 unspecified atom stereocenters. The third-order valence-electron chi connectivity index (χ3n) is 4.50. The molecule has 1 aliphatic heterocycles. The molecule has 0 saturated carbocycles. The minimum absolute atomic E-state index is 0.233. The second kappa shape index (κ2) is 7.25. The van der Waals surface area contributed by atoms with Crippen LogP contribution < -0.4 is 0 Å². The number of aliphatic hydroxyl groups is 1. The van der Waals surface area contributed by atoms with Gasteiger partial charge in [-0.25, -0.2) is 0 Å². The average Bonchev–Trinajstić information content (AvgIpc) is 2.40. The molecule has 1 saturated heterocycles. The average molecular weight is 270 g/mol. The van der Waals surface area contributed by atoms with E-state index in [-0.39, 0.29) is 5.91 Å². The lowest BCUT2D eigenvalue weighted by Crippen LogP contribution is -2.45. The third kappa shape index (κ3) is 5.11. The van der Waals surface area contributed by atoms with E-state index in [1.54, 1.807) is 4.90 Å². The van der Waals surface area contributed by atoms with E-state index in [1.165, 1.54) is 0 Å². The zero-order chi connectivity index (χ0) is 14.5. The summed E-state index contributed by atoms with van der Waals surface area (Å²) in [5.41, 5.74) is -0.535. The van der Waals surface area contributed by atoms with Gasteiger partial charge in [-0.1, -0.05) is 13.8 Å². The van der Waals surface area contributed by atoms with Crippen LogP contribution in [0.2, 0.25) is 0 Å². The number of carbonyl (C=O) groups excluding carboxylic acids is 1. The Morgan fingerprint density at radius 1 is 1.26 bits per heavy atom. The summed E-state index contributed by atoms with van der Waals surface area (Å²) in [5.74, 6) is 0.750. The van der Waals surface area contributed by atoms with Gasteiger partial charge in [0.2, 0.25) is 5.91 Å². The highest BCUT2D eigenvalue weighted by Gasteiger charge is 2.29. The maximum Gasteiger partial charge on any atom is 0.222 e. The monoisotopic (exact) mass is 270 g/mol. The highest BCUT2D eigenvalue weighted by molar-refractivity contribution is 5.75. The van der Waals surface area contributed by atoms with Crippen LogP contribution in [0.25, 0.3) is 0 Å². The van der Waals surface area contributed by atoms with Crippen molar-refractivity contribution in [1.82, 2.24) is 9.80 Å². The second-order valence-electron chi connectivity index (χ2n) is 6.14. The Bertz CT molecular complexity index is 280. The first-order valence-corrected chi connectivity index (χ1v) is 7.55. The quantitative estimate of drug-likeness (QED) is 0.799. The fourth-order valence-electron chi connectivity index (χ4n) is 2.67. The Balaban J connectivity index is 2.35. The Morgan fingerprint density at radius 2 is 1.79 bits per heavy atom. The number of amides is 1. The molecule has 0 aromatic carbocycles. The van der Waals surface area contributed by atoms with Gasteiger partial charge in [0.15, 0.2) is 0 Å². The minimum atomic E-state index is -0.535. The molecular weight excluding hydrogens is 240 g/mol. The number of likely N-dealkylation sites (tertiary alicyclic amines) is 1. The Kier molecular flexibility index (Phi) is 6.27. The van der Waals surface area contributed by atoms with Gasteiger partial charge in [-0.15, -0.1) is 0 Å². The van der Waals surface area contributed by atoms with E-state index in [0.29, 0.717) is 12.3 Å². The molecule has 1 fully saturated rings. The number of piperidine rings is 1. The van der Waals surface area contributed by atoms with Crippen molar-refractivity contribution < 1.29 is 9.90 Å². The van der Waals surface area contributed by atoms with Crippen molar-refractivity contribution >= 4 is 5.91 Å². The first-order valence-electron chi connectivity index (χ1n) is 7.55. The molecule has 19 heavy (non-hydrogen) atoms. The van der Waals surface area contributed by atoms with E-state index in [2.05, 4.69) is 4.90 Å². The van der Waals surface area contributed by atoms with Gasteiger partial charge in [-0.05, 0) is 44.7 Å². The summed E-state index contributed by atoms with van der Waals surface area (Å²) >= 11 is 0. The van der Waals surface area contributed by atoms with E-state index in [1.807, 2.05) is 27.9 Å². The highest BCUT2D eigenvalue weighted by atomic mass is 16.3. The van der Waals surface area contributed by atoms with Crippen molar-refractivity contribution in [2.24, 2.45) is 5.92 Å². The van der Waals surface area contributed by atoms with Crippen LogP contribution in [0, 0.1) is 5.92 Å². The van der Waals surface area contributed by atoms with Gasteiger partial charge in [0, 0.05) is 27.1 Å². The summed E-state index contributed by atoms with van der Waals surface area (Å²) in [4.78, 5) is 15.7. The van der Waals surface area contributed by atoms with Gasteiger partial charge < -0.3 is 14.9 Å². The standard InChI is InChI=1S/C15H30N2O2/c1-5-15(19,6-2)12-17-9-7-13(8-10-17)11-14(18)16(3)4/h13,19H,5-12H2,1-4H3. The largest absolute Gasteiger partial charge is 0.389 e. The van der Waals surface area contributed by atoms with Crippen molar-refractivity contribution in [1.29, 1.82) is 0 Å². The van der Waals surface area contributed by atoms with Crippen LogP contribution in [-0.4, -0.2) is 60.1 Å². The number of β-amino-alcohol motifs (C(OH)–C–C–N with tert-alkyl or cyclic N) is 1. The predicted octanol–water partition coefficient (Wildman–Crippen LogP) is 1.73. The molecule has 1 N–H and O–H groups in total. The van der Waals surface area contributed by atoms with Crippen molar-refractivity contribution in [3.63, 3.8) is 0 Å². The van der Waals surface area contributed by atoms with Crippen LogP contribution in [0.15, 0.2) is 0 Å². The summed E-state index contributed by atoms with van der Waals surface area (Å²) in [6, 6.07) is 0. The van der Waals surface area contributed by atoms with Crippen molar-refractivity contribution in [3.8, 4) is 0 Å². The van der Waals surface area contributed by atoms with Crippen LogP contribution in [0.1, 0.15) is 46.0 Å². The lowest BCUT2D eigenvalue weighted by atomic mass is 9.90. The summed E-state index contributed by atoms with van der Waals surface area (Å²) in [7, 11) is 3.64. The zero-order valence-corrected chi connectivity index (χ0v) is 13.0. The minimum Gasteiger partial charge on any atom is -0.389 e. The van der Waals surface area contributed by atoms with Gasteiger partial charge in [0.1, 0.15) is 0 Å². The van der Waals surface area contributed by atoms with Crippen LogP contribution in [0.5, 0.6) is 0 Å². The van der Waals surface area contributed by atoms with E-state index in [0.717, 1.165) is 45.3 Å². The molecule has 1 amide bonds. The Hall–Kier alpha value is -0.610. The molecule has 4 nitrogen and oxygen atoms in total. The van der Waals surface area contributed by atoms with Crippen LogP contribution in [-0.2, 0) is 4.79 Å². The van der Waals surface area contributed by atoms with Gasteiger partial charge in [0.05, 0.1) is 5.60 Å². The van der Waals surface area contributed by atoms with Crippen molar-refractivity contribution in [2.75, 3.05) is 33.7 Å². The molecule has 0 aliphatic carbocycles. The smallest absolute Gasteiger partial charge is 0.222 e. The molecule has 4 heteroatoms. The third-order valence-corrected chi connectivity index (χ3v) is 4.50. The predicted molar refractivity (Wildman–Crippen MR) is 78.0 cm³/mol. The van der Waals surface area contributed by atoms with Gasteiger partial charge in [-0.2, -0.15) is 0 Å². The SMILES string of the molecule is CCC(O)(CC)CN1CCC(CC(=O)N(C)C)CC1. The van der Waals surface area contributed by atoms with Crippen molar-refractivity contribution in [2.45, 2.75) is 51.6 Å². The highest BCUT2D eigenvalue weighted by Crippen LogP contribution is 2.24. The summed E-state index contributed by atoms with van der Waals surface area (Å²) < 4.78 is 0. The Morgan fingerprint density at radius 3 is 2.21 bits per heavy atom. The van der Waals surface area contributed by atoms with E-state index < -0.39 is 5.60 Å². The fourth-order valence-corrected chi connectivity index (χ4v) is 2.67. The molecule has 1 rings (SSSR count). The molecular formula is C15H30N2O2. The van der Waals surface area contributed by atoms with Crippen LogP contribution in [0.3, 0.4) is 0 Å². The first kappa shape index (κ1) is 16.4. The number of nitrogens with zero attached hydrogens (tertiary/aromatic N) is 2. The number of hydrogen-bond acceptors (Lipinski definition) is 3. The van der Waals surface area contributed by atoms with E-state index in [9.17, 15) is 9.90 Å². The molecule has 0 aromatic rings. The Labute approximate surface area is 117 Å². The summed E-state index contributed by atoms with van der Waals surface area (Å²) in [5, 5.41) is 10.4. The lowest BCUT2D eigenvalue weighted by Gasteiger charge is -2.37. The van der Waals surface area contributed by atoms with Crippen LogP contribution in [0.4, 0.5) is 0 Å². The molecule has 0 spiro atoms. The van der Waals surface area contributed by atoms with E-state index >= 15 is 0 Å². The summed E-state index contributed by atoms with van der Waals surface area (Å²) in [6.07, 6.45) is 4.43. The summed E-state index contributed by atoms with van der Waals surface area (Å²) in [6.45, 7) is 6.88. The van der Waals surface area contributed by atoms with E-state index in [4.69, 9.17) is 0 Å². The fraction of sp³-hybridized carbons (Fsp3) is 0.933.